The zero-order chi connectivity index (χ0) is 20.8. The van der Waals surface area contributed by atoms with Gasteiger partial charge in [0.2, 0.25) is 5.91 Å². The van der Waals surface area contributed by atoms with Gasteiger partial charge in [-0.25, -0.2) is 13.2 Å². The lowest BCUT2D eigenvalue weighted by Crippen LogP contribution is -2.38. The molecule has 2 aromatic carbocycles. The van der Waals surface area contributed by atoms with Gasteiger partial charge in [0.1, 0.15) is 17.5 Å². The molecule has 2 heterocycles. The predicted molar refractivity (Wildman–Crippen MR) is 108 cm³/mol. The number of amides is 1. The number of rotatable bonds is 5. The average molecular weight is 413 g/mol. The molecule has 0 spiro atoms. The minimum atomic E-state index is -0.629. The molecule has 2 fully saturated rings. The maximum Gasteiger partial charge on any atom is 0.221 e. The molecule has 2 aliphatic rings. The van der Waals surface area contributed by atoms with Crippen LogP contribution >= 0.6 is 0 Å². The van der Waals surface area contributed by atoms with Gasteiger partial charge in [0.25, 0.3) is 0 Å². The second-order valence-electron chi connectivity index (χ2n) is 8.38. The molecule has 1 saturated heterocycles. The summed E-state index contributed by atoms with van der Waals surface area (Å²) in [6, 6.07) is 8.46. The van der Waals surface area contributed by atoms with Crippen molar-refractivity contribution >= 4 is 16.8 Å². The van der Waals surface area contributed by atoms with E-state index in [2.05, 4.69) is 15.6 Å². The van der Waals surface area contributed by atoms with Crippen LogP contribution in [0.4, 0.5) is 13.2 Å². The highest BCUT2D eigenvalue weighted by Gasteiger charge is 2.35. The first-order chi connectivity index (χ1) is 14.5. The summed E-state index contributed by atoms with van der Waals surface area (Å²) in [5.74, 6) is -0.906. The fourth-order valence-electron chi connectivity index (χ4n) is 4.73. The Morgan fingerprint density at radius 1 is 1.03 bits per heavy atom. The van der Waals surface area contributed by atoms with Gasteiger partial charge in [-0.1, -0.05) is 0 Å². The van der Waals surface area contributed by atoms with Crippen LogP contribution in [0.5, 0.6) is 0 Å². The summed E-state index contributed by atoms with van der Waals surface area (Å²) in [5.41, 5.74) is 2.64. The molecule has 30 heavy (non-hydrogen) atoms. The molecule has 3 aromatic rings. The standard InChI is InChI=1S/C23H22F3N3O/c24-15-3-1-13(2-4-15)22-21(18-7-16(25)8-19(26)23(18)29-22)14-5-12(6-14)10-27-17-9-20(30)28-11-17/h1-4,7-8,12,14,17,27,29H,5-6,9-11H2,(H,28,30). The molecule has 1 aliphatic carbocycles. The van der Waals surface area contributed by atoms with Crippen LogP contribution in [0.3, 0.4) is 0 Å². The van der Waals surface area contributed by atoms with Gasteiger partial charge in [0.05, 0.1) is 11.2 Å². The third kappa shape index (κ3) is 3.47. The van der Waals surface area contributed by atoms with E-state index in [1.165, 1.54) is 18.2 Å². The number of carbonyl (C=O) groups is 1. The Morgan fingerprint density at radius 3 is 2.50 bits per heavy atom. The Hall–Kier alpha value is -2.80. The van der Waals surface area contributed by atoms with Crippen LogP contribution in [0, 0.1) is 23.4 Å². The first-order valence-corrected chi connectivity index (χ1v) is 10.2. The van der Waals surface area contributed by atoms with E-state index in [9.17, 15) is 18.0 Å². The zero-order valence-electron chi connectivity index (χ0n) is 16.3. The molecule has 5 rings (SSSR count). The van der Waals surface area contributed by atoms with Crippen molar-refractivity contribution in [2.45, 2.75) is 31.2 Å². The van der Waals surface area contributed by atoms with E-state index in [1.54, 1.807) is 12.1 Å². The summed E-state index contributed by atoms with van der Waals surface area (Å²) >= 11 is 0. The van der Waals surface area contributed by atoms with Gasteiger partial charge in [0, 0.05) is 30.5 Å². The van der Waals surface area contributed by atoms with Crippen molar-refractivity contribution in [3.63, 3.8) is 0 Å². The Morgan fingerprint density at radius 2 is 1.80 bits per heavy atom. The molecule has 0 radical (unpaired) electrons. The first kappa shape index (κ1) is 19.2. The lowest BCUT2D eigenvalue weighted by atomic mass is 9.70. The fourth-order valence-corrected chi connectivity index (χ4v) is 4.73. The maximum absolute atomic E-state index is 14.4. The molecule has 7 heteroatoms. The smallest absolute Gasteiger partial charge is 0.221 e. The SMILES string of the molecule is O=C1CC(NCC2CC(c3c(-c4ccc(F)cc4)[nH]c4c(F)cc(F)cc34)C2)CN1. The van der Waals surface area contributed by atoms with Crippen LogP contribution in [0.1, 0.15) is 30.7 Å². The van der Waals surface area contributed by atoms with E-state index < -0.39 is 11.6 Å². The molecule has 4 nitrogen and oxygen atoms in total. The Kier molecular flexibility index (Phi) is 4.77. The van der Waals surface area contributed by atoms with E-state index in [4.69, 9.17) is 0 Å². The summed E-state index contributed by atoms with van der Waals surface area (Å²) < 4.78 is 41.8. The summed E-state index contributed by atoms with van der Waals surface area (Å²) in [4.78, 5) is 14.4. The molecular formula is C23H22F3N3O. The molecule has 3 N–H and O–H groups in total. The Balaban J connectivity index is 1.41. The van der Waals surface area contributed by atoms with Crippen LogP contribution in [0.15, 0.2) is 36.4 Å². The minimum Gasteiger partial charge on any atom is -0.354 e. The lowest BCUT2D eigenvalue weighted by Gasteiger charge is -2.37. The van der Waals surface area contributed by atoms with Crippen molar-refractivity contribution in [1.82, 2.24) is 15.6 Å². The van der Waals surface area contributed by atoms with Gasteiger partial charge in [-0.3, -0.25) is 4.79 Å². The molecule has 1 atom stereocenters. The minimum absolute atomic E-state index is 0.0748. The number of hydrogen-bond donors (Lipinski definition) is 3. The number of benzene rings is 2. The number of H-pyrrole nitrogens is 1. The molecule has 1 amide bonds. The summed E-state index contributed by atoms with van der Waals surface area (Å²) in [6.07, 6.45) is 2.28. The number of aromatic amines is 1. The van der Waals surface area contributed by atoms with Crippen LogP contribution in [-0.4, -0.2) is 30.0 Å². The number of aromatic nitrogens is 1. The monoisotopic (exact) mass is 413 g/mol. The van der Waals surface area contributed by atoms with Gasteiger partial charge in [-0.05, 0) is 72.7 Å². The van der Waals surface area contributed by atoms with Crippen LogP contribution in [0.2, 0.25) is 0 Å². The highest BCUT2D eigenvalue weighted by atomic mass is 19.1. The van der Waals surface area contributed by atoms with E-state index in [-0.39, 0.29) is 29.2 Å². The molecular weight excluding hydrogens is 391 g/mol. The van der Waals surface area contributed by atoms with E-state index >= 15 is 0 Å². The van der Waals surface area contributed by atoms with Gasteiger partial charge < -0.3 is 15.6 Å². The Labute approximate surface area is 171 Å². The van der Waals surface area contributed by atoms with Crippen molar-refractivity contribution < 1.29 is 18.0 Å². The molecule has 0 bridgehead atoms. The summed E-state index contributed by atoms with van der Waals surface area (Å²) in [5, 5.41) is 6.80. The highest BCUT2D eigenvalue weighted by molar-refractivity contribution is 5.92. The van der Waals surface area contributed by atoms with Crippen molar-refractivity contribution in [1.29, 1.82) is 0 Å². The normalized spacial score (nSPS) is 23.6. The molecule has 1 aromatic heterocycles. The van der Waals surface area contributed by atoms with Crippen molar-refractivity contribution in [3.8, 4) is 11.3 Å². The molecule has 1 aliphatic heterocycles. The highest BCUT2D eigenvalue weighted by Crippen LogP contribution is 2.48. The number of hydrogen-bond acceptors (Lipinski definition) is 2. The molecule has 1 saturated carbocycles. The van der Waals surface area contributed by atoms with Gasteiger partial charge in [0.15, 0.2) is 0 Å². The van der Waals surface area contributed by atoms with E-state index in [0.29, 0.717) is 24.3 Å². The average Bonchev–Trinajstić information content (AvgIpc) is 3.25. The van der Waals surface area contributed by atoms with Gasteiger partial charge in [-0.2, -0.15) is 0 Å². The number of nitrogens with one attached hydrogen (secondary N) is 3. The first-order valence-electron chi connectivity index (χ1n) is 10.2. The van der Waals surface area contributed by atoms with Crippen LogP contribution in [0.25, 0.3) is 22.2 Å². The lowest BCUT2D eigenvalue weighted by molar-refractivity contribution is -0.119. The third-order valence-corrected chi connectivity index (χ3v) is 6.31. The Bertz CT molecular complexity index is 1100. The largest absolute Gasteiger partial charge is 0.354 e. The predicted octanol–water partition coefficient (Wildman–Crippen LogP) is 4.22. The van der Waals surface area contributed by atoms with Gasteiger partial charge in [-0.15, -0.1) is 0 Å². The quantitative estimate of drug-likeness (QED) is 0.587. The van der Waals surface area contributed by atoms with E-state index in [0.717, 1.165) is 42.3 Å². The van der Waals surface area contributed by atoms with Crippen molar-refractivity contribution in [3.05, 3.63) is 59.4 Å². The summed E-state index contributed by atoms with van der Waals surface area (Å²) in [7, 11) is 0. The van der Waals surface area contributed by atoms with E-state index in [1.807, 2.05) is 0 Å². The maximum atomic E-state index is 14.4. The molecule has 1 unspecified atom stereocenters. The topological polar surface area (TPSA) is 56.9 Å². The summed E-state index contributed by atoms with van der Waals surface area (Å²) in [6.45, 7) is 1.47. The molecule has 156 valence electrons. The zero-order valence-corrected chi connectivity index (χ0v) is 16.3. The number of carbonyl (C=O) groups excluding carboxylic acids is 1. The third-order valence-electron chi connectivity index (χ3n) is 6.31. The van der Waals surface area contributed by atoms with Crippen molar-refractivity contribution in [2.24, 2.45) is 5.92 Å². The number of halogens is 3. The number of fused-ring (bicyclic) bond motifs is 1. The van der Waals surface area contributed by atoms with Crippen LogP contribution in [-0.2, 0) is 4.79 Å². The van der Waals surface area contributed by atoms with Crippen LogP contribution < -0.4 is 10.6 Å². The fraction of sp³-hybridized carbons (Fsp3) is 0.348. The van der Waals surface area contributed by atoms with Gasteiger partial charge >= 0.3 is 0 Å². The second kappa shape index (κ2) is 7.47. The second-order valence-corrected chi connectivity index (χ2v) is 8.38. The van der Waals surface area contributed by atoms with Crippen molar-refractivity contribution in [2.75, 3.05) is 13.1 Å².